The highest BCUT2D eigenvalue weighted by atomic mass is 31.1. The number of halogens is 3. The quantitative estimate of drug-likeness (QED) is 0.181. The Morgan fingerprint density at radius 3 is 2.34 bits per heavy atom. The summed E-state index contributed by atoms with van der Waals surface area (Å²) < 4.78 is 46.4. The van der Waals surface area contributed by atoms with Crippen molar-refractivity contribution in [3.8, 4) is 5.75 Å². The summed E-state index contributed by atoms with van der Waals surface area (Å²) in [6.45, 7) is 1.78. The summed E-state index contributed by atoms with van der Waals surface area (Å²) in [6, 6.07) is 17.1. The average molecular weight is 592 g/mol. The summed E-state index contributed by atoms with van der Waals surface area (Å²) in [7, 11) is -0.148. The molecule has 41 heavy (non-hydrogen) atoms. The number of Topliss-reactive ketones (excluding diaryl/α,β-unsaturated/α-hetero) is 1. The zero-order chi connectivity index (χ0) is 29.2. The molecule has 1 heterocycles. The third-order valence-corrected chi connectivity index (χ3v) is 9.56. The molecule has 224 valence electrons. The van der Waals surface area contributed by atoms with Crippen LogP contribution in [0, 0.1) is 5.92 Å². The van der Waals surface area contributed by atoms with Gasteiger partial charge in [-0.05, 0) is 63.9 Å². The molecule has 5 nitrogen and oxygen atoms in total. The normalized spacial score (nSPS) is 21.2. The number of aliphatic hydroxyl groups is 1. The van der Waals surface area contributed by atoms with E-state index < -0.39 is 18.2 Å². The number of benzene rings is 2. The molecule has 1 saturated heterocycles. The number of alkyl halides is 3. The van der Waals surface area contributed by atoms with Crippen LogP contribution in [0.25, 0.3) is 0 Å². The van der Waals surface area contributed by atoms with Gasteiger partial charge in [-0.1, -0.05) is 42.5 Å². The Bertz CT molecular complexity index is 1110. The van der Waals surface area contributed by atoms with Gasteiger partial charge in [0.2, 0.25) is 5.92 Å². The predicted molar refractivity (Wildman–Crippen MR) is 156 cm³/mol. The molecule has 0 bridgehead atoms. The molecule has 1 aliphatic carbocycles. The Morgan fingerprint density at radius 1 is 1.00 bits per heavy atom. The molecule has 0 spiro atoms. The van der Waals surface area contributed by atoms with Crippen molar-refractivity contribution in [2.75, 3.05) is 19.6 Å². The van der Waals surface area contributed by atoms with E-state index in [9.17, 15) is 27.9 Å². The van der Waals surface area contributed by atoms with Gasteiger partial charge in [0.25, 0.3) is 0 Å². The molecule has 0 aromatic heterocycles. The average Bonchev–Trinajstić information content (AvgIpc) is 3.38. The fourth-order valence-electron chi connectivity index (χ4n) is 5.62. The van der Waals surface area contributed by atoms with E-state index >= 15 is 0 Å². The third kappa shape index (κ3) is 10.2. The maximum absolute atomic E-state index is 13.8. The lowest BCUT2D eigenvalue weighted by atomic mass is 9.83. The van der Waals surface area contributed by atoms with Gasteiger partial charge in [-0.3, -0.25) is 14.5 Å². The summed E-state index contributed by atoms with van der Waals surface area (Å²) in [5.74, 6) is -2.24. The van der Waals surface area contributed by atoms with Crippen molar-refractivity contribution in [1.29, 1.82) is 0 Å². The van der Waals surface area contributed by atoms with Crippen molar-refractivity contribution < 1.29 is 32.6 Å². The van der Waals surface area contributed by atoms with Crippen molar-refractivity contribution >= 4 is 19.9 Å². The number of carbonyl (C=O) groups excluding carboxylic acids is 2. The highest BCUT2D eigenvalue weighted by molar-refractivity contribution is 7.58. The largest absolute Gasteiger partial charge is 0.489 e. The number of likely N-dealkylation sites (tertiary alicyclic amines) is 1. The van der Waals surface area contributed by atoms with Gasteiger partial charge < -0.3 is 9.84 Å². The molecule has 0 radical (unpaired) electrons. The van der Waals surface area contributed by atoms with Crippen molar-refractivity contribution in [3.05, 3.63) is 65.7 Å². The van der Waals surface area contributed by atoms with Crippen molar-refractivity contribution in [1.82, 2.24) is 4.90 Å². The van der Waals surface area contributed by atoms with Crippen LogP contribution in [0.2, 0.25) is 0 Å². The maximum Gasteiger partial charge on any atom is 0.248 e. The summed E-state index contributed by atoms with van der Waals surface area (Å²) in [6.07, 6.45) is 0.420. The van der Waals surface area contributed by atoms with Crippen LogP contribution in [0.5, 0.6) is 5.75 Å². The standard InChI is InChI=1S/C32H41F3NO4P/c33-26-16-19-36(20-26)21-29(31(39)25-10-12-27(13-11-25)40-22-23-6-2-1-3-7-23)41-30(38)9-5-4-8-28(37)24-14-17-32(34,35)18-15-24/h1-3,6-7,10-13,24,26,29,31,39,41H,4-5,8-9,14-22H2. The van der Waals surface area contributed by atoms with Gasteiger partial charge >= 0.3 is 0 Å². The second-order valence-corrected chi connectivity index (χ2v) is 13.0. The second-order valence-electron chi connectivity index (χ2n) is 11.4. The number of aliphatic hydroxyl groups excluding tert-OH is 1. The van der Waals surface area contributed by atoms with E-state index in [0.29, 0.717) is 69.7 Å². The van der Waals surface area contributed by atoms with Crippen LogP contribution in [-0.2, 0) is 16.2 Å². The lowest BCUT2D eigenvalue weighted by molar-refractivity contribution is -0.127. The lowest BCUT2D eigenvalue weighted by Gasteiger charge is -2.27. The molecule has 1 N–H and O–H groups in total. The van der Waals surface area contributed by atoms with Gasteiger partial charge in [-0.2, -0.15) is 0 Å². The van der Waals surface area contributed by atoms with Crippen LogP contribution in [0.4, 0.5) is 13.2 Å². The first-order valence-corrected chi connectivity index (χ1v) is 15.8. The first-order chi connectivity index (χ1) is 19.7. The van der Waals surface area contributed by atoms with E-state index in [1.54, 1.807) is 12.1 Å². The molecule has 1 saturated carbocycles. The van der Waals surface area contributed by atoms with Crippen LogP contribution in [0.3, 0.4) is 0 Å². The number of hydrogen-bond donors (Lipinski definition) is 1. The Kier molecular flexibility index (Phi) is 11.8. The zero-order valence-electron chi connectivity index (χ0n) is 23.5. The molecule has 0 amide bonds. The highest BCUT2D eigenvalue weighted by Crippen LogP contribution is 2.38. The number of unbranched alkanes of at least 4 members (excludes halogenated alkanes) is 1. The minimum atomic E-state index is -2.65. The third-order valence-electron chi connectivity index (χ3n) is 8.12. The van der Waals surface area contributed by atoms with Gasteiger partial charge in [0.05, 0.1) is 6.10 Å². The summed E-state index contributed by atoms with van der Waals surface area (Å²) in [5, 5.41) is 11.3. The van der Waals surface area contributed by atoms with E-state index in [2.05, 4.69) is 0 Å². The molecule has 4 unspecified atom stereocenters. The summed E-state index contributed by atoms with van der Waals surface area (Å²) in [4.78, 5) is 27.3. The molecule has 9 heteroatoms. The number of carbonyl (C=O) groups is 2. The van der Waals surface area contributed by atoms with E-state index in [1.807, 2.05) is 47.4 Å². The fourth-order valence-corrected chi connectivity index (χ4v) is 7.05. The van der Waals surface area contributed by atoms with Crippen molar-refractivity contribution in [2.45, 2.75) is 88.3 Å². The highest BCUT2D eigenvalue weighted by Gasteiger charge is 2.37. The Hall–Kier alpha value is -2.28. The number of hydrogen-bond acceptors (Lipinski definition) is 5. The number of ether oxygens (including phenoxy) is 1. The Morgan fingerprint density at radius 2 is 1.68 bits per heavy atom. The smallest absolute Gasteiger partial charge is 0.248 e. The van der Waals surface area contributed by atoms with Gasteiger partial charge in [0, 0.05) is 56.9 Å². The lowest BCUT2D eigenvalue weighted by Crippen LogP contribution is -2.33. The second kappa shape index (κ2) is 15.3. The Labute approximate surface area is 242 Å². The first-order valence-electron chi connectivity index (χ1n) is 14.7. The zero-order valence-corrected chi connectivity index (χ0v) is 24.5. The fraction of sp³-hybridized carbons (Fsp3) is 0.562. The maximum atomic E-state index is 13.8. The summed E-state index contributed by atoms with van der Waals surface area (Å²) in [5.41, 5.74) is 1.39. The minimum absolute atomic E-state index is 0.0229. The SMILES string of the molecule is O=C(CCCCC(=O)C1CCC(F)(F)CC1)PC(CN1CCC(F)C1)C(O)c1ccc(OCc2ccccc2)cc1. The molecule has 4 rings (SSSR count). The molecular weight excluding hydrogens is 550 g/mol. The first kappa shape index (κ1) is 31.7. The monoisotopic (exact) mass is 591 g/mol. The van der Waals surface area contributed by atoms with Crippen LogP contribution in [0.15, 0.2) is 54.6 Å². The molecule has 4 atom stereocenters. The summed E-state index contributed by atoms with van der Waals surface area (Å²) >= 11 is 0. The van der Waals surface area contributed by atoms with E-state index in [0.717, 1.165) is 5.56 Å². The molecule has 2 aromatic rings. The van der Waals surface area contributed by atoms with Gasteiger partial charge in [-0.25, -0.2) is 13.2 Å². The van der Waals surface area contributed by atoms with Gasteiger partial charge in [0.15, 0.2) is 5.52 Å². The van der Waals surface area contributed by atoms with Crippen LogP contribution in [-0.4, -0.2) is 58.7 Å². The topological polar surface area (TPSA) is 66.8 Å². The number of nitrogens with zero attached hydrogens (tertiary/aromatic N) is 1. The van der Waals surface area contributed by atoms with Gasteiger partial charge in [-0.15, -0.1) is 0 Å². The van der Waals surface area contributed by atoms with Crippen LogP contribution >= 0.6 is 8.58 Å². The molecule has 2 fully saturated rings. The minimum Gasteiger partial charge on any atom is -0.489 e. The molecule has 2 aromatic carbocycles. The number of ketones is 1. The van der Waals surface area contributed by atoms with E-state index in [-0.39, 0.29) is 57.1 Å². The Balaban J connectivity index is 1.26. The van der Waals surface area contributed by atoms with Crippen LogP contribution in [0.1, 0.15) is 75.0 Å². The number of rotatable bonds is 15. The molecule has 1 aliphatic heterocycles. The van der Waals surface area contributed by atoms with E-state index in [4.69, 9.17) is 4.74 Å². The van der Waals surface area contributed by atoms with Crippen molar-refractivity contribution in [2.24, 2.45) is 5.92 Å². The van der Waals surface area contributed by atoms with E-state index in [1.165, 1.54) is 0 Å². The molecular formula is C32H41F3NO4P. The van der Waals surface area contributed by atoms with Crippen LogP contribution < -0.4 is 4.74 Å². The molecule has 2 aliphatic rings. The predicted octanol–water partition coefficient (Wildman–Crippen LogP) is 6.87. The van der Waals surface area contributed by atoms with Crippen molar-refractivity contribution in [3.63, 3.8) is 0 Å². The van der Waals surface area contributed by atoms with Gasteiger partial charge in [0.1, 0.15) is 24.3 Å².